The maximum atomic E-state index is 13.6. The molecule has 1 N–H and O–H groups in total. The normalized spacial score (nSPS) is 23.4. The molecule has 2 heterocycles. The summed E-state index contributed by atoms with van der Waals surface area (Å²) < 4.78 is 19.2. The standard InChI is InChI=1S/C13H17FN2O/c1-9-8-16(4-3-15-9)12-7-11(14)6-10-2-5-17-13(10)12/h6-7,9,15H,2-5,8H2,1H3/t9-/m0/s1. The van der Waals surface area contributed by atoms with Gasteiger partial charge >= 0.3 is 0 Å². The van der Waals surface area contributed by atoms with E-state index in [0.29, 0.717) is 12.6 Å². The number of nitrogens with one attached hydrogen (secondary N) is 1. The third kappa shape index (κ3) is 1.97. The van der Waals surface area contributed by atoms with Crippen LogP contribution >= 0.6 is 0 Å². The Hall–Kier alpha value is -1.29. The molecule has 17 heavy (non-hydrogen) atoms. The van der Waals surface area contributed by atoms with Crippen molar-refractivity contribution in [2.24, 2.45) is 0 Å². The van der Waals surface area contributed by atoms with E-state index in [1.54, 1.807) is 12.1 Å². The van der Waals surface area contributed by atoms with Crippen LogP contribution in [0, 0.1) is 5.82 Å². The van der Waals surface area contributed by atoms with Gasteiger partial charge in [0.1, 0.15) is 11.6 Å². The molecule has 1 atom stereocenters. The van der Waals surface area contributed by atoms with Crippen LogP contribution in [0.5, 0.6) is 5.75 Å². The van der Waals surface area contributed by atoms with Crippen LogP contribution in [0.15, 0.2) is 12.1 Å². The minimum absolute atomic E-state index is 0.157. The van der Waals surface area contributed by atoms with E-state index in [1.807, 2.05) is 0 Å². The zero-order valence-corrected chi connectivity index (χ0v) is 10.0. The van der Waals surface area contributed by atoms with Gasteiger partial charge in [-0.1, -0.05) is 0 Å². The first-order valence-electron chi connectivity index (χ1n) is 6.17. The van der Waals surface area contributed by atoms with Crippen molar-refractivity contribution in [2.75, 3.05) is 31.1 Å². The molecule has 0 bridgehead atoms. The number of piperazine rings is 1. The van der Waals surface area contributed by atoms with Crippen LogP contribution in [0.1, 0.15) is 12.5 Å². The smallest absolute Gasteiger partial charge is 0.146 e. The van der Waals surface area contributed by atoms with Crippen molar-refractivity contribution in [1.82, 2.24) is 5.32 Å². The van der Waals surface area contributed by atoms with Gasteiger partial charge in [0.2, 0.25) is 0 Å². The fraction of sp³-hybridized carbons (Fsp3) is 0.538. The van der Waals surface area contributed by atoms with Crippen LogP contribution in [0.3, 0.4) is 0 Å². The van der Waals surface area contributed by atoms with Crippen molar-refractivity contribution in [1.29, 1.82) is 0 Å². The summed E-state index contributed by atoms with van der Waals surface area (Å²) in [6.45, 7) is 5.56. The number of hydrogen-bond donors (Lipinski definition) is 1. The van der Waals surface area contributed by atoms with Crippen LogP contribution in [-0.2, 0) is 6.42 Å². The molecule has 0 radical (unpaired) electrons. The van der Waals surface area contributed by atoms with E-state index in [2.05, 4.69) is 17.1 Å². The first kappa shape index (κ1) is 10.8. The number of rotatable bonds is 1. The SMILES string of the molecule is C[C@H]1CN(c2cc(F)cc3c2OCC3)CCN1. The number of fused-ring (bicyclic) bond motifs is 1. The molecule has 1 saturated heterocycles. The molecular weight excluding hydrogens is 219 g/mol. The first-order chi connectivity index (χ1) is 8.24. The third-order valence-corrected chi connectivity index (χ3v) is 3.44. The highest BCUT2D eigenvalue weighted by Gasteiger charge is 2.24. The molecule has 0 unspecified atom stereocenters. The van der Waals surface area contributed by atoms with Crippen LogP contribution in [0.25, 0.3) is 0 Å². The highest BCUT2D eigenvalue weighted by molar-refractivity contribution is 5.64. The molecule has 1 aromatic rings. The van der Waals surface area contributed by atoms with E-state index in [9.17, 15) is 4.39 Å². The molecule has 0 spiro atoms. The maximum absolute atomic E-state index is 13.6. The molecule has 3 rings (SSSR count). The average Bonchev–Trinajstić information content (AvgIpc) is 2.75. The molecule has 2 aliphatic rings. The van der Waals surface area contributed by atoms with Gasteiger partial charge in [0, 0.05) is 43.7 Å². The van der Waals surface area contributed by atoms with Gasteiger partial charge in [0.25, 0.3) is 0 Å². The maximum Gasteiger partial charge on any atom is 0.146 e. The fourth-order valence-electron chi connectivity index (χ4n) is 2.64. The highest BCUT2D eigenvalue weighted by Crippen LogP contribution is 2.37. The molecule has 0 aromatic heterocycles. The Morgan fingerprint density at radius 2 is 2.35 bits per heavy atom. The Bertz CT molecular complexity index is 436. The van der Waals surface area contributed by atoms with E-state index in [0.717, 1.165) is 43.1 Å². The highest BCUT2D eigenvalue weighted by atomic mass is 19.1. The van der Waals surface area contributed by atoms with Gasteiger partial charge in [0.15, 0.2) is 0 Å². The Labute approximate surface area is 101 Å². The number of anilines is 1. The number of benzene rings is 1. The molecule has 0 aliphatic carbocycles. The molecule has 3 nitrogen and oxygen atoms in total. The number of halogens is 1. The summed E-state index contributed by atoms with van der Waals surface area (Å²) in [5, 5.41) is 3.39. The second-order valence-electron chi connectivity index (χ2n) is 4.81. The molecule has 1 aromatic carbocycles. The largest absolute Gasteiger partial charge is 0.491 e. The van der Waals surface area contributed by atoms with E-state index in [-0.39, 0.29) is 5.82 Å². The lowest BCUT2D eigenvalue weighted by Crippen LogP contribution is -2.49. The van der Waals surface area contributed by atoms with Crippen molar-refractivity contribution in [3.63, 3.8) is 0 Å². The van der Waals surface area contributed by atoms with E-state index in [1.165, 1.54) is 0 Å². The summed E-state index contributed by atoms with van der Waals surface area (Å²) in [6.07, 6.45) is 0.821. The topological polar surface area (TPSA) is 24.5 Å². The van der Waals surface area contributed by atoms with Gasteiger partial charge in [-0.05, 0) is 13.0 Å². The van der Waals surface area contributed by atoms with Crippen molar-refractivity contribution < 1.29 is 9.13 Å². The van der Waals surface area contributed by atoms with Gasteiger partial charge in [-0.3, -0.25) is 0 Å². The predicted octanol–water partition coefficient (Wildman–Crippen LogP) is 1.56. The number of hydrogen-bond acceptors (Lipinski definition) is 3. The second-order valence-corrected chi connectivity index (χ2v) is 4.81. The van der Waals surface area contributed by atoms with Crippen LogP contribution in [0.2, 0.25) is 0 Å². The van der Waals surface area contributed by atoms with Crippen LogP contribution < -0.4 is 15.0 Å². The molecule has 92 valence electrons. The fourth-order valence-corrected chi connectivity index (χ4v) is 2.64. The monoisotopic (exact) mass is 236 g/mol. The second kappa shape index (κ2) is 4.18. The summed E-state index contributed by atoms with van der Waals surface area (Å²) in [5.74, 6) is 0.732. The van der Waals surface area contributed by atoms with E-state index >= 15 is 0 Å². The lowest BCUT2D eigenvalue weighted by atomic mass is 10.1. The predicted molar refractivity (Wildman–Crippen MR) is 65.3 cm³/mol. The molecular formula is C13H17FN2O. The Kier molecular flexibility index (Phi) is 2.67. The van der Waals surface area contributed by atoms with Gasteiger partial charge in [-0.25, -0.2) is 4.39 Å². The number of ether oxygens (including phenoxy) is 1. The summed E-state index contributed by atoms with van der Waals surface area (Å²) >= 11 is 0. The van der Waals surface area contributed by atoms with Gasteiger partial charge in [-0.15, -0.1) is 0 Å². The number of nitrogens with zero attached hydrogens (tertiary/aromatic N) is 1. The minimum Gasteiger partial charge on any atom is -0.491 e. The minimum atomic E-state index is -0.157. The lowest BCUT2D eigenvalue weighted by molar-refractivity contribution is 0.355. The molecule has 0 saturated carbocycles. The van der Waals surface area contributed by atoms with Crippen molar-refractivity contribution in [3.8, 4) is 5.75 Å². The molecule has 1 fully saturated rings. The zero-order valence-electron chi connectivity index (χ0n) is 10.0. The molecule has 2 aliphatic heterocycles. The quantitative estimate of drug-likeness (QED) is 0.801. The molecule has 4 heteroatoms. The Morgan fingerprint density at radius 3 is 3.18 bits per heavy atom. The van der Waals surface area contributed by atoms with Crippen LogP contribution in [0.4, 0.5) is 10.1 Å². The average molecular weight is 236 g/mol. The summed E-state index contributed by atoms with van der Waals surface area (Å²) in [4.78, 5) is 2.22. The Balaban J connectivity index is 1.96. The summed E-state index contributed by atoms with van der Waals surface area (Å²) in [7, 11) is 0. The third-order valence-electron chi connectivity index (χ3n) is 3.44. The van der Waals surface area contributed by atoms with Gasteiger partial charge in [-0.2, -0.15) is 0 Å². The van der Waals surface area contributed by atoms with Crippen molar-refractivity contribution >= 4 is 5.69 Å². The zero-order chi connectivity index (χ0) is 11.8. The van der Waals surface area contributed by atoms with Crippen LogP contribution in [-0.4, -0.2) is 32.3 Å². The van der Waals surface area contributed by atoms with Crippen molar-refractivity contribution in [2.45, 2.75) is 19.4 Å². The van der Waals surface area contributed by atoms with E-state index < -0.39 is 0 Å². The van der Waals surface area contributed by atoms with E-state index in [4.69, 9.17) is 4.74 Å². The summed E-state index contributed by atoms with van der Waals surface area (Å²) in [6, 6.07) is 3.63. The first-order valence-corrected chi connectivity index (χ1v) is 6.17. The van der Waals surface area contributed by atoms with Crippen molar-refractivity contribution in [3.05, 3.63) is 23.5 Å². The van der Waals surface area contributed by atoms with Gasteiger partial charge < -0.3 is 15.0 Å². The van der Waals surface area contributed by atoms with Gasteiger partial charge in [0.05, 0.1) is 12.3 Å². The molecule has 0 amide bonds. The summed E-state index contributed by atoms with van der Waals surface area (Å²) in [5.41, 5.74) is 1.93. The Morgan fingerprint density at radius 1 is 1.47 bits per heavy atom. The lowest BCUT2D eigenvalue weighted by Gasteiger charge is -2.34.